The zero-order valence-electron chi connectivity index (χ0n) is 17.2. The second kappa shape index (κ2) is 9.71. The number of carbonyl (C=O) groups excluding carboxylic acids is 1. The maximum Gasteiger partial charge on any atom is 0.319 e. The molecule has 1 heterocycles. The van der Waals surface area contributed by atoms with Crippen LogP contribution in [0.3, 0.4) is 0 Å². The van der Waals surface area contributed by atoms with Crippen LogP contribution in [0, 0.1) is 6.92 Å². The number of rotatable bonds is 6. The summed E-state index contributed by atoms with van der Waals surface area (Å²) < 4.78 is 0. The highest BCUT2D eigenvalue weighted by molar-refractivity contribution is 5.90. The summed E-state index contributed by atoms with van der Waals surface area (Å²) in [5.41, 5.74) is 4.33. The second-order valence-corrected chi connectivity index (χ2v) is 7.75. The molecule has 0 unspecified atom stereocenters. The summed E-state index contributed by atoms with van der Waals surface area (Å²) in [7, 11) is 2.17. The Hall–Kier alpha value is -2.37. The van der Waals surface area contributed by atoms with E-state index < -0.39 is 0 Å². The molecule has 0 saturated carbocycles. The zero-order chi connectivity index (χ0) is 19.9. The van der Waals surface area contributed by atoms with Crippen LogP contribution in [0.15, 0.2) is 48.5 Å². The van der Waals surface area contributed by atoms with Gasteiger partial charge in [0.25, 0.3) is 0 Å². The molecule has 1 aliphatic heterocycles. The van der Waals surface area contributed by atoms with Gasteiger partial charge in [0.15, 0.2) is 0 Å². The average molecular weight is 381 g/mol. The standard InChI is InChI=1S/C23H32N4O/c1-18-7-4-5-10-22(18)20-8-6-9-21(17-20)25-23(28)24-12-11-19(2)27-15-13-26(3)14-16-27/h4-10,17,19H,11-16H2,1-3H3,(H2,24,25,28)/t19-/m1/s1. The van der Waals surface area contributed by atoms with Gasteiger partial charge in [0, 0.05) is 44.5 Å². The molecule has 5 heteroatoms. The van der Waals surface area contributed by atoms with Gasteiger partial charge in [-0.1, -0.05) is 36.4 Å². The second-order valence-electron chi connectivity index (χ2n) is 7.75. The molecule has 0 radical (unpaired) electrons. The van der Waals surface area contributed by atoms with Crippen LogP contribution in [0.2, 0.25) is 0 Å². The van der Waals surface area contributed by atoms with Crippen molar-refractivity contribution in [3.63, 3.8) is 0 Å². The molecule has 0 aliphatic carbocycles. The van der Waals surface area contributed by atoms with Crippen LogP contribution in [0.1, 0.15) is 18.9 Å². The van der Waals surface area contributed by atoms with Crippen molar-refractivity contribution in [2.45, 2.75) is 26.3 Å². The van der Waals surface area contributed by atoms with Gasteiger partial charge in [0.05, 0.1) is 0 Å². The number of nitrogens with one attached hydrogen (secondary N) is 2. The highest BCUT2D eigenvalue weighted by atomic mass is 16.2. The summed E-state index contributed by atoms with van der Waals surface area (Å²) in [5.74, 6) is 0. The Morgan fingerprint density at radius 1 is 1.07 bits per heavy atom. The van der Waals surface area contributed by atoms with E-state index in [4.69, 9.17) is 0 Å². The molecule has 2 N–H and O–H groups in total. The topological polar surface area (TPSA) is 47.6 Å². The van der Waals surface area contributed by atoms with Gasteiger partial charge in [0.2, 0.25) is 0 Å². The van der Waals surface area contributed by atoms with Gasteiger partial charge in [-0.3, -0.25) is 4.90 Å². The van der Waals surface area contributed by atoms with E-state index in [0.29, 0.717) is 12.6 Å². The number of benzene rings is 2. The van der Waals surface area contributed by atoms with Gasteiger partial charge in [-0.15, -0.1) is 0 Å². The van der Waals surface area contributed by atoms with Crippen molar-refractivity contribution in [2.75, 3.05) is 45.1 Å². The number of urea groups is 1. The molecule has 1 aliphatic rings. The first-order valence-electron chi connectivity index (χ1n) is 10.2. The number of anilines is 1. The number of hydrogen-bond acceptors (Lipinski definition) is 3. The van der Waals surface area contributed by atoms with E-state index >= 15 is 0 Å². The summed E-state index contributed by atoms with van der Waals surface area (Å²) in [5, 5.41) is 5.95. The third kappa shape index (κ3) is 5.57. The molecule has 1 atom stereocenters. The lowest BCUT2D eigenvalue weighted by Crippen LogP contribution is -2.48. The molecule has 28 heavy (non-hydrogen) atoms. The molecular formula is C23H32N4O. The minimum atomic E-state index is -0.146. The summed E-state index contributed by atoms with van der Waals surface area (Å²) in [4.78, 5) is 17.2. The minimum absolute atomic E-state index is 0.146. The number of piperazine rings is 1. The van der Waals surface area contributed by atoms with Gasteiger partial charge in [-0.05, 0) is 56.1 Å². The molecule has 0 spiro atoms. The molecule has 150 valence electrons. The summed E-state index contributed by atoms with van der Waals surface area (Å²) in [6.45, 7) is 9.48. The van der Waals surface area contributed by atoms with Crippen molar-refractivity contribution >= 4 is 11.7 Å². The minimum Gasteiger partial charge on any atom is -0.338 e. The van der Waals surface area contributed by atoms with Crippen molar-refractivity contribution in [3.8, 4) is 11.1 Å². The highest BCUT2D eigenvalue weighted by Crippen LogP contribution is 2.25. The van der Waals surface area contributed by atoms with Crippen LogP contribution >= 0.6 is 0 Å². The fourth-order valence-electron chi connectivity index (χ4n) is 3.68. The third-order valence-electron chi connectivity index (χ3n) is 5.59. The monoisotopic (exact) mass is 380 g/mol. The van der Waals surface area contributed by atoms with Crippen LogP contribution in [-0.2, 0) is 0 Å². The van der Waals surface area contributed by atoms with Gasteiger partial charge < -0.3 is 15.5 Å². The number of likely N-dealkylation sites (N-methyl/N-ethyl adjacent to an activating group) is 1. The Bertz CT molecular complexity index is 784. The lowest BCUT2D eigenvalue weighted by molar-refractivity contribution is 0.115. The van der Waals surface area contributed by atoms with Crippen molar-refractivity contribution in [1.82, 2.24) is 15.1 Å². The first kappa shape index (κ1) is 20.4. The van der Waals surface area contributed by atoms with Crippen LogP contribution < -0.4 is 10.6 Å². The predicted octanol–water partition coefficient (Wildman–Crippen LogP) is 3.81. The third-order valence-corrected chi connectivity index (χ3v) is 5.59. The smallest absolute Gasteiger partial charge is 0.319 e. The molecule has 1 saturated heterocycles. The van der Waals surface area contributed by atoms with Crippen molar-refractivity contribution in [2.24, 2.45) is 0 Å². The van der Waals surface area contributed by atoms with E-state index in [1.54, 1.807) is 0 Å². The maximum atomic E-state index is 12.3. The van der Waals surface area contributed by atoms with Crippen molar-refractivity contribution in [1.29, 1.82) is 0 Å². The van der Waals surface area contributed by atoms with E-state index in [2.05, 4.69) is 59.5 Å². The van der Waals surface area contributed by atoms with E-state index in [9.17, 15) is 4.79 Å². The van der Waals surface area contributed by atoms with Crippen LogP contribution in [0.25, 0.3) is 11.1 Å². The largest absolute Gasteiger partial charge is 0.338 e. The Morgan fingerprint density at radius 3 is 2.57 bits per heavy atom. The normalized spacial score (nSPS) is 16.5. The first-order valence-corrected chi connectivity index (χ1v) is 10.2. The van der Waals surface area contributed by atoms with Gasteiger partial charge in [0.1, 0.15) is 0 Å². The lowest BCUT2D eigenvalue weighted by atomic mass is 10.0. The van der Waals surface area contributed by atoms with Crippen LogP contribution in [0.5, 0.6) is 0 Å². The van der Waals surface area contributed by atoms with E-state index in [1.165, 1.54) is 11.1 Å². The molecule has 0 bridgehead atoms. The molecule has 2 aromatic rings. The van der Waals surface area contributed by atoms with Crippen molar-refractivity contribution in [3.05, 3.63) is 54.1 Å². The molecule has 0 aromatic heterocycles. The quantitative estimate of drug-likeness (QED) is 0.801. The van der Waals surface area contributed by atoms with Crippen LogP contribution in [-0.4, -0.2) is 61.6 Å². The molecule has 2 aromatic carbocycles. The van der Waals surface area contributed by atoms with Gasteiger partial charge in [-0.2, -0.15) is 0 Å². The van der Waals surface area contributed by atoms with Crippen LogP contribution in [0.4, 0.5) is 10.5 Å². The molecule has 2 amide bonds. The SMILES string of the molecule is Cc1ccccc1-c1cccc(NC(=O)NCC[C@@H](C)N2CCN(C)CC2)c1. The first-order chi connectivity index (χ1) is 13.5. The average Bonchev–Trinajstić information content (AvgIpc) is 2.69. The summed E-state index contributed by atoms with van der Waals surface area (Å²) >= 11 is 0. The number of nitrogens with zero attached hydrogens (tertiary/aromatic N) is 2. The predicted molar refractivity (Wildman–Crippen MR) is 117 cm³/mol. The summed E-state index contributed by atoms with van der Waals surface area (Å²) in [6, 6.07) is 16.6. The number of hydrogen-bond donors (Lipinski definition) is 2. The van der Waals surface area contributed by atoms with Gasteiger partial charge >= 0.3 is 6.03 Å². The Balaban J connectivity index is 1.47. The fraction of sp³-hybridized carbons (Fsp3) is 0.435. The van der Waals surface area contributed by atoms with E-state index in [1.807, 2.05) is 30.3 Å². The summed E-state index contributed by atoms with van der Waals surface area (Å²) in [6.07, 6.45) is 0.959. The Kier molecular flexibility index (Phi) is 7.06. The molecule has 1 fully saturated rings. The lowest BCUT2D eigenvalue weighted by Gasteiger charge is -2.36. The number of amides is 2. The molecule has 3 rings (SSSR count). The van der Waals surface area contributed by atoms with Crippen molar-refractivity contribution < 1.29 is 4.79 Å². The molecular weight excluding hydrogens is 348 g/mol. The maximum absolute atomic E-state index is 12.3. The van der Waals surface area contributed by atoms with E-state index in [-0.39, 0.29) is 6.03 Å². The van der Waals surface area contributed by atoms with E-state index in [0.717, 1.165) is 43.9 Å². The zero-order valence-corrected chi connectivity index (χ0v) is 17.2. The molecule has 5 nitrogen and oxygen atoms in total. The Morgan fingerprint density at radius 2 is 1.82 bits per heavy atom. The number of carbonyl (C=O) groups is 1. The van der Waals surface area contributed by atoms with Gasteiger partial charge in [-0.25, -0.2) is 4.79 Å². The fourth-order valence-corrected chi connectivity index (χ4v) is 3.68. The number of aryl methyl sites for hydroxylation is 1. The Labute approximate surface area is 168 Å². The highest BCUT2D eigenvalue weighted by Gasteiger charge is 2.18.